The second-order valence-electron chi connectivity index (χ2n) is 4.47. The first-order chi connectivity index (χ1) is 6.55. The van der Waals surface area contributed by atoms with Crippen LogP contribution in [0.1, 0.15) is 38.5 Å². The van der Waals surface area contributed by atoms with E-state index in [0.717, 1.165) is 25.7 Å². The van der Waals surface area contributed by atoms with Crippen LogP contribution in [0.15, 0.2) is 12.2 Å². The predicted octanol–water partition coefficient (Wildman–Crippen LogP) is 3.30. The number of alkyl halides is 2. The second kappa shape index (κ2) is 3.61. The van der Waals surface area contributed by atoms with Gasteiger partial charge in [0.15, 0.2) is 0 Å². The quantitative estimate of drug-likeness (QED) is 0.624. The third kappa shape index (κ3) is 2.32. The second-order valence-corrected chi connectivity index (χ2v) is 4.47. The molecule has 2 fully saturated rings. The van der Waals surface area contributed by atoms with Gasteiger partial charge in [-0.2, -0.15) is 0 Å². The van der Waals surface area contributed by atoms with Crippen molar-refractivity contribution in [1.82, 2.24) is 0 Å². The molecule has 0 atom stereocenters. The van der Waals surface area contributed by atoms with Crippen LogP contribution in [-0.2, 0) is 4.74 Å². The molecule has 0 aromatic carbocycles. The van der Waals surface area contributed by atoms with Gasteiger partial charge in [-0.3, -0.25) is 0 Å². The van der Waals surface area contributed by atoms with E-state index in [-0.39, 0.29) is 25.0 Å². The fraction of sp³-hybridized carbons (Fsp3) is 0.818. The van der Waals surface area contributed by atoms with E-state index in [1.807, 2.05) is 0 Å². The smallest absolute Gasteiger partial charge is 0.253 e. The van der Waals surface area contributed by atoms with E-state index in [1.165, 1.54) is 5.57 Å². The zero-order chi connectivity index (χ0) is 10.2. The van der Waals surface area contributed by atoms with Crippen LogP contribution in [0.25, 0.3) is 0 Å². The molecule has 2 rings (SSSR count). The zero-order valence-corrected chi connectivity index (χ0v) is 8.27. The van der Waals surface area contributed by atoms with Crippen molar-refractivity contribution in [3.8, 4) is 0 Å². The van der Waals surface area contributed by atoms with Crippen molar-refractivity contribution in [2.45, 2.75) is 56.7 Å². The maximum absolute atomic E-state index is 12.5. The lowest BCUT2D eigenvalue weighted by Crippen LogP contribution is -2.43. The minimum atomic E-state index is -2.46. The van der Waals surface area contributed by atoms with Crippen LogP contribution in [0, 0.1) is 0 Å². The molecule has 0 bridgehead atoms. The summed E-state index contributed by atoms with van der Waals surface area (Å²) in [5.41, 5.74) is 1.27. The molecule has 0 spiro atoms. The van der Waals surface area contributed by atoms with Crippen LogP contribution in [-0.4, -0.2) is 18.1 Å². The average molecular weight is 202 g/mol. The third-order valence-corrected chi connectivity index (χ3v) is 3.08. The van der Waals surface area contributed by atoms with Crippen LogP contribution in [0.5, 0.6) is 0 Å². The van der Waals surface area contributed by atoms with Crippen molar-refractivity contribution in [3.05, 3.63) is 12.2 Å². The first kappa shape index (κ1) is 10.1. The van der Waals surface area contributed by atoms with E-state index in [2.05, 4.69) is 6.58 Å². The topological polar surface area (TPSA) is 9.23 Å². The molecule has 0 aromatic rings. The number of halogens is 2. The Bertz CT molecular complexity index is 219. The molecule has 2 saturated carbocycles. The van der Waals surface area contributed by atoms with Gasteiger partial charge in [-0.1, -0.05) is 12.2 Å². The highest BCUT2D eigenvalue weighted by molar-refractivity contribution is 4.99. The summed E-state index contributed by atoms with van der Waals surface area (Å²) < 4.78 is 30.6. The Hall–Kier alpha value is -0.440. The van der Waals surface area contributed by atoms with Crippen molar-refractivity contribution in [3.63, 3.8) is 0 Å². The highest BCUT2D eigenvalue weighted by Crippen LogP contribution is 2.41. The van der Waals surface area contributed by atoms with Gasteiger partial charge in [0.2, 0.25) is 0 Å². The molecule has 0 N–H and O–H groups in total. The summed E-state index contributed by atoms with van der Waals surface area (Å²) in [5, 5.41) is 0. The van der Waals surface area contributed by atoms with Crippen LogP contribution in [0.2, 0.25) is 0 Å². The Morgan fingerprint density at radius 2 is 1.71 bits per heavy atom. The van der Waals surface area contributed by atoms with Crippen LogP contribution in [0.4, 0.5) is 8.78 Å². The van der Waals surface area contributed by atoms with Crippen molar-refractivity contribution >= 4 is 0 Å². The van der Waals surface area contributed by atoms with E-state index >= 15 is 0 Å². The summed E-state index contributed by atoms with van der Waals surface area (Å²) in [7, 11) is 0. The van der Waals surface area contributed by atoms with E-state index in [9.17, 15) is 8.78 Å². The van der Waals surface area contributed by atoms with Gasteiger partial charge >= 0.3 is 0 Å². The SMILES string of the molecule is C=C1CCC(OC2CC(F)(F)C2)CC1. The molecule has 80 valence electrons. The maximum Gasteiger partial charge on any atom is 0.253 e. The Morgan fingerprint density at radius 3 is 2.21 bits per heavy atom. The molecule has 3 heteroatoms. The lowest BCUT2D eigenvalue weighted by molar-refractivity contribution is -0.184. The van der Waals surface area contributed by atoms with Gasteiger partial charge < -0.3 is 4.74 Å². The van der Waals surface area contributed by atoms with Crippen LogP contribution in [0.3, 0.4) is 0 Å². The van der Waals surface area contributed by atoms with Gasteiger partial charge in [-0.25, -0.2) is 8.78 Å². The highest BCUT2D eigenvalue weighted by Gasteiger charge is 2.46. The van der Waals surface area contributed by atoms with Crippen LogP contribution >= 0.6 is 0 Å². The molecule has 0 heterocycles. The largest absolute Gasteiger partial charge is 0.375 e. The predicted molar refractivity (Wildman–Crippen MR) is 50.5 cm³/mol. The zero-order valence-electron chi connectivity index (χ0n) is 8.27. The molecule has 0 radical (unpaired) electrons. The third-order valence-electron chi connectivity index (χ3n) is 3.08. The number of allylic oxidation sites excluding steroid dienone is 1. The summed E-state index contributed by atoms with van der Waals surface area (Å²) in [5.74, 6) is -2.46. The standard InChI is InChI=1S/C11H16F2O/c1-8-2-4-9(5-3-8)14-10-6-11(12,13)7-10/h9-10H,1-7H2. The monoisotopic (exact) mass is 202 g/mol. The van der Waals surface area contributed by atoms with Gasteiger partial charge in [0.05, 0.1) is 12.2 Å². The van der Waals surface area contributed by atoms with Crippen molar-refractivity contribution in [2.24, 2.45) is 0 Å². The van der Waals surface area contributed by atoms with Gasteiger partial charge in [0, 0.05) is 12.8 Å². The molecule has 2 aliphatic rings. The number of hydrogen-bond acceptors (Lipinski definition) is 1. The Kier molecular flexibility index (Phi) is 2.60. The molecular weight excluding hydrogens is 186 g/mol. The first-order valence-electron chi connectivity index (χ1n) is 5.25. The number of rotatable bonds is 2. The maximum atomic E-state index is 12.5. The molecule has 0 saturated heterocycles. The molecule has 0 aromatic heterocycles. The summed E-state index contributed by atoms with van der Waals surface area (Å²) in [6.45, 7) is 3.91. The average Bonchev–Trinajstić information content (AvgIpc) is 2.06. The first-order valence-corrected chi connectivity index (χ1v) is 5.25. The molecule has 0 unspecified atom stereocenters. The molecule has 0 aliphatic heterocycles. The van der Waals surface area contributed by atoms with Crippen molar-refractivity contribution in [1.29, 1.82) is 0 Å². The fourth-order valence-electron chi connectivity index (χ4n) is 2.11. The van der Waals surface area contributed by atoms with Gasteiger partial charge in [0.1, 0.15) is 0 Å². The van der Waals surface area contributed by atoms with Gasteiger partial charge in [-0.05, 0) is 25.7 Å². The summed E-state index contributed by atoms with van der Waals surface area (Å²) in [6.07, 6.45) is 3.75. The lowest BCUT2D eigenvalue weighted by atomic mass is 9.89. The van der Waals surface area contributed by atoms with Gasteiger partial charge in [-0.15, -0.1) is 0 Å². The van der Waals surface area contributed by atoms with E-state index < -0.39 is 5.92 Å². The van der Waals surface area contributed by atoms with E-state index in [0.29, 0.717) is 0 Å². The molecule has 1 nitrogen and oxygen atoms in total. The van der Waals surface area contributed by atoms with Gasteiger partial charge in [0.25, 0.3) is 5.92 Å². The lowest BCUT2D eigenvalue weighted by Gasteiger charge is -2.38. The molecular formula is C11H16F2O. The summed E-state index contributed by atoms with van der Waals surface area (Å²) in [6, 6.07) is 0. The van der Waals surface area contributed by atoms with Crippen molar-refractivity contribution < 1.29 is 13.5 Å². The van der Waals surface area contributed by atoms with Crippen molar-refractivity contribution in [2.75, 3.05) is 0 Å². The van der Waals surface area contributed by atoms with Crippen LogP contribution < -0.4 is 0 Å². The number of ether oxygens (including phenoxy) is 1. The van der Waals surface area contributed by atoms with E-state index in [4.69, 9.17) is 4.74 Å². The minimum Gasteiger partial charge on any atom is -0.375 e. The Morgan fingerprint density at radius 1 is 1.14 bits per heavy atom. The molecule has 2 aliphatic carbocycles. The Labute approximate surface area is 83.1 Å². The molecule has 14 heavy (non-hydrogen) atoms. The highest BCUT2D eigenvalue weighted by atomic mass is 19.3. The molecule has 0 amide bonds. The fourth-order valence-corrected chi connectivity index (χ4v) is 2.11. The van der Waals surface area contributed by atoms with E-state index in [1.54, 1.807) is 0 Å². The summed E-state index contributed by atoms with van der Waals surface area (Å²) >= 11 is 0. The summed E-state index contributed by atoms with van der Waals surface area (Å²) in [4.78, 5) is 0. The number of hydrogen-bond donors (Lipinski definition) is 0. The minimum absolute atomic E-state index is 0.0789. The Balaban J connectivity index is 1.69. The normalized spacial score (nSPS) is 28.9.